The largest absolute Gasteiger partial charge is 0.353 e. The first-order valence-electron chi connectivity index (χ1n) is 8.78. The third kappa shape index (κ3) is 3.81. The Morgan fingerprint density at radius 3 is 2.52 bits per heavy atom. The second kappa shape index (κ2) is 7.21. The molecule has 0 bridgehead atoms. The number of aryl methyl sites for hydroxylation is 3. The molecular weight excluding hydrogens is 316 g/mol. The molecule has 7 nitrogen and oxygen atoms in total. The van der Waals surface area contributed by atoms with E-state index in [0.29, 0.717) is 13.0 Å². The van der Waals surface area contributed by atoms with Crippen molar-refractivity contribution in [1.82, 2.24) is 24.9 Å². The highest BCUT2D eigenvalue weighted by Gasteiger charge is 2.22. The molecule has 0 aliphatic carbocycles. The van der Waals surface area contributed by atoms with Gasteiger partial charge in [-0.3, -0.25) is 9.48 Å². The molecule has 1 saturated heterocycles. The molecule has 0 saturated carbocycles. The zero-order valence-corrected chi connectivity index (χ0v) is 15.5. The Kier molecular flexibility index (Phi) is 5.01. The summed E-state index contributed by atoms with van der Waals surface area (Å²) < 4.78 is 1.85. The highest BCUT2D eigenvalue weighted by Crippen LogP contribution is 2.16. The van der Waals surface area contributed by atoms with Gasteiger partial charge in [0.25, 0.3) is 0 Å². The Hall–Kier alpha value is -2.44. The fraction of sp³-hybridized carbons (Fsp3) is 0.556. The van der Waals surface area contributed by atoms with Crippen LogP contribution in [-0.2, 0) is 18.3 Å². The molecule has 0 unspecified atom stereocenters. The summed E-state index contributed by atoms with van der Waals surface area (Å²) in [6.07, 6.45) is 1.36. The molecule has 3 heterocycles. The fourth-order valence-corrected chi connectivity index (χ4v) is 3.29. The predicted molar refractivity (Wildman–Crippen MR) is 96.6 cm³/mol. The minimum atomic E-state index is 0.177. The van der Waals surface area contributed by atoms with Gasteiger partial charge in [-0.2, -0.15) is 10.2 Å². The molecule has 2 aromatic heterocycles. The average Bonchev–Trinajstić information content (AvgIpc) is 2.78. The van der Waals surface area contributed by atoms with E-state index in [1.165, 1.54) is 0 Å². The minimum absolute atomic E-state index is 0.177. The summed E-state index contributed by atoms with van der Waals surface area (Å²) >= 11 is 0. The van der Waals surface area contributed by atoms with Gasteiger partial charge < -0.3 is 9.80 Å². The first-order valence-corrected chi connectivity index (χ1v) is 8.78. The molecule has 25 heavy (non-hydrogen) atoms. The van der Waals surface area contributed by atoms with Gasteiger partial charge in [0, 0.05) is 44.5 Å². The number of hydrogen-bond donors (Lipinski definition) is 0. The van der Waals surface area contributed by atoms with Gasteiger partial charge in [0.05, 0.1) is 17.8 Å². The second-order valence-electron chi connectivity index (χ2n) is 6.70. The van der Waals surface area contributed by atoms with E-state index in [1.807, 2.05) is 49.5 Å². The van der Waals surface area contributed by atoms with Gasteiger partial charge in [0.15, 0.2) is 5.82 Å². The number of nitrogens with zero attached hydrogens (tertiary/aromatic N) is 6. The molecule has 134 valence electrons. The van der Waals surface area contributed by atoms with Crippen LogP contribution in [0.5, 0.6) is 0 Å². The van der Waals surface area contributed by atoms with Crippen LogP contribution in [0.1, 0.15) is 29.1 Å². The molecule has 1 aliphatic heterocycles. The molecule has 1 amide bonds. The van der Waals surface area contributed by atoms with Crippen molar-refractivity contribution >= 4 is 11.7 Å². The summed E-state index contributed by atoms with van der Waals surface area (Å²) in [7, 11) is 1.92. The number of amides is 1. The van der Waals surface area contributed by atoms with E-state index in [-0.39, 0.29) is 5.91 Å². The SMILES string of the molecule is Cc1ccc(N2CCCN(C(=O)Cc3c(C)nn(C)c3C)CC2)nn1. The maximum absolute atomic E-state index is 12.8. The normalized spacial score (nSPS) is 15.4. The smallest absolute Gasteiger partial charge is 0.227 e. The van der Waals surface area contributed by atoms with E-state index >= 15 is 0 Å². The third-order valence-corrected chi connectivity index (χ3v) is 4.94. The Balaban J connectivity index is 1.64. The van der Waals surface area contributed by atoms with Crippen LogP contribution in [-0.4, -0.2) is 57.0 Å². The average molecular weight is 342 g/mol. The quantitative estimate of drug-likeness (QED) is 0.844. The van der Waals surface area contributed by atoms with Crippen molar-refractivity contribution in [3.05, 3.63) is 34.8 Å². The zero-order valence-electron chi connectivity index (χ0n) is 15.5. The first kappa shape index (κ1) is 17.4. The summed E-state index contributed by atoms with van der Waals surface area (Å²) in [5, 5.41) is 12.8. The Morgan fingerprint density at radius 1 is 1.08 bits per heavy atom. The van der Waals surface area contributed by atoms with Gasteiger partial charge in [0.1, 0.15) is 0 Å². The molecule has 0 aromatic carbocycles. The molecule has 3 rings (SSSR count). The molecule has 0 radical (unpaired) electrons. The van der Waals surface area contributed by atoms with Crippen LogP contribution in [0.25, 0.3) is 0 Å². The number of carbonyl (C=O) groups is 1. The second-order valence-corrected chi connectivity index (χ2v) is 6.70. The predicted octanol–water partition coefficient (Wildman–Crippen LogP) is 1.42. The van der Waals surface area contributed by atoms with E-state index in [9.17, 15) is 4.79 Å². The number of aromatic nitrogens is 4. The number of carbonyl (C=O) groups excluding carboxylic acids is 1. The molecule has 2 aromatic rings. The monoisotopic (exact) mass is 342 g/mol. The van der Waals surface area contributed by atoms with E-state index in [0.717, 1.165) is 54.5 Å². The molecular formula is C18H26N6O. The number of hydrogen-bond acceptors (Lipinski definition) is 5. The zero-order chi connectivity index (χ0) is 18.0. The van der Waals surface area contributed by atoms with Gasteiger partial charge >= 0.3 is 0 Å². The topological polar surface area (TPSA) is 67.2 Å². The van der Waals surface area contributed by atoms with Crippen LogP contribution in [0.4, 0.5) is 5.82 Å². The Morgan fingerprint density at radius 2 is 1.88 bits per heavy atom. The molecule has 1 aliphatic rings. The lowest BCUT2D eigenvalue weighted by Gasteiger charge is -2.22. The number of rotatable bonds is 3. The molecule has 0 N–H and O–H groups in total. The molecule has 0 spiro atoms. The molecule has 7 heteroatoms. The van der Waals surface area contributed by atoms with Crippen LogP contribution < -0.4 is 4.90 Å². The van der Waals surface area contributed by atoms with E-state index in [1.54, 1.807) is 0 Å². The maximum Gasteiger partial charge on any atom is 0.227 e. The van der Waals surface area contributed by atoms with Crippen molar-refractivity contribution in [3.63, 3.8) is 0 Å². The van der Waals surface area contributed by atoms with Crippen molar-refractivity contribution in [2.75, 3.05) is 31.1 Å². The minimum Gasteiger partial charge on any atom is -0.353 e. The lowest BCUT2D eigenvalue weighted by Crippen LogP contribution is -2.36. The summed E-state index contributed by atoms with van der Waals surface area (Å²) in [4.78, 5) is 16.9. The van der Waals surface area contributed by atoms with Gasteiger partial charge in [0.2, 0.25) is 5.91 Å². The Bertz CT molecular complexity index is 752. The highest BCUT2D eigenvalue weighted by molar-refractivity contribution is 5.79. The van der Waals surface area contributed by atoms with E-state index in [2.05, 4.69) is 20.2 Å². The van der Waals surface area contributed by atoms with Crippen molar-refractivity contribution in [2.45, 2.75) is 33.6 Å². The van der Waals surface area contributed by atoms with Gasteiger partial charge in [-0.15, -0.1) is 5.10 Å². The van der Waals surface area contributed by atoms with Crippen molar-refractivity contribution in [2.24, 2.45) is 7.05 Å². The van der Waals surface area contributed by atoms with Crippen molar-refractivity contribution in [3.8, 4) is 0 Å². The molecule has 1 fully saturated rings. The van der Waals surface area contributed by atoms with Gasteiger partial charge in [-0.1, -0.05) is 0 Å². The summed E-state index contributed by atoms with van der Waals surface area (Å²) in [5.41, 5.74) is 3.98. The van der Waals surface area contributed by atoms with E-state index in [4.69, 9.17) is 0 Å². The highest BCUT2D eigenvalue weighted by atomic mass is 16.2. The third-order valence-electron chi connectivity index (χ3n) is 4.94. The summed E-state index contributed by atoms with van der Waals surface area (Å²) in [6.45, 7) is 9.10. The van der Waals surface area contributed by atoms with Crippen LogP contribution >= 0.6 is 0 Å². The van der Waals surface area contributed by atoms with Crippen LogP contribution in [0.2, 0.25) is 0 Å². The van der Waals surface area contributed by atoms with Crippen molar-refractivity contribution in [1.29, 1.82) is 0 Å². The number of anilines is 1. The van der Waals surface area contributed by atoms with Gasteiger partial charge in [-0.05, 0) is 39.3 Å². The lowest BCUT2D eigenvalue weighted by molar-refractivity contribution is -0.130. The van der Waals surface area contributed by atoms with Crippen LogP contribution in [0, 0.1) is 20.8 Å². The standard InChI is InChI=1S/C18H26N6O/c1-13-6-7-17(20-19-13)23-8-5-9-24(11-10-23)18(25)12-16-14(2)21-22(4)15(16)3/h6-7H,5,8-12H2,1-4H3. The van der Waals surface area contributed by atoms with Crippen LogP contribution in [0.3, 0.4) is 0 Å². The van der Waals surface area contributed by atoms with E-state index < -0.39 is 0 Å². The molecule has 0 atom stereocenters. The summed E-state index contributed by atoms with van der Waals surface area (Å²) in [6, 6.07) is 3.98. The Labute approximate surface area is 148 Å². The lowest BCUT2D eigenvalue weighted by atomic mass is 10.1. The first-order chi connectivity index (χ1) is 12.0. The van der Waals surface area contributed by atoms with Crippen LogP contribution in [0.15, 0.2) is 12.1 Å². The van der Waals surface area contributed by atoms with Crippen molar-refractivity contribution < 1.29 is 4.79 Å². The fourth-order valence-electron chi connectivity index (χ4n) is 3.29. The van der Waals surface area contributed by atoms with Gasteiger partial charge in [-0.25, -0.2) is 0 Å². The summed E-state index contributed by atoms with van der Waals surface area (Å²) in [5.74, 6) is 1.06. The maximum atomic E-state index is 12.8.